The third-order valence-electron chi connectivity index (χ3n) is 4.48. The number of anilines is 2. The summed E-state index contributed by atoms with van der Waals surface area (Å²) in [6.07, 6.45) is 3.39. The standard InChI is InChI=1S/C19H16BrFN4O2/c20-13-6-9-16(15(21)10-13)23-19(26)22-14-7-4-11(5-8-14)17-24-18(27-25-17)12-2-1-3-12/h4-10,12H,1-3H2,(H2,22,23,26). The highest BCUT2D eigenvalue weighted by molar-refractivity contribution is 9.10. The van der Waals surface area contributed by atoms with E-state index in [0.29, 0.717) is 27.8 Å². The summed E-state index contributed by atoms with van der Waals surface area (Å²) in [6.45, 7) is 0. The molecule has 2 N–H and O–H groups in total. The van der Waals surface area contributed by atoms with E-state index < -0.39 is 11.8 Å². The van der Waals surface area contributed by atoms with Crippen LogP contribution in [0, 0.1) is 5.82 Å². The second-order valence-electron chi connectivity index (χ2n) is 6.36. The van der Waals surface area contributed by atoms with Crippen molar-refractivity contribution in [1.82, 2.24) is 10.1 Å². The monoisotopic (exact) mass is 430 g/mol. The van der Waals surface area contributed by atoms with Crippen LogP contribution < -0.4 is 10.6 Å². The summed E-state index contributed by atoms with van der Waals surface area (Å²) in [4.78, 5) is 16.5. The van der Waals surface area contributed by atoms with Crippen LogP contribution in [-0.4, -0.2) is 16.2 Å². The lowest BCUT2D eigenvalue weighted by Crippen LogP contribution is -2.20. The molecule has 3 aromatic rings. The Bertz CT molecular complexity index is 970. The fourth-order valence-corrected chi connectivity index (χ4v) is 3.08. The topological polar surface area (TPSA) is 80.1 Å². The van der Waals surface area contributed by atoms with Crippen LogP contribution in [0.15, 0.2) is 51.5 Å². The Kier molecular flexibility index (Phi) is 4.89. The summed E-state index contributed by atoms with van der Waals surface area (Å²) in [5.41, 5.74) is 1.47. The summed E-state index contributed by atoms with van der Waals surface area (Å²) in [5, 5.41) is 9.16. The first kappa shape index (κ1) is 17.7. The second-order valence-corrected chi connectivity index (χ2v) is 7.28. The number of amides is 2. The van der Waals surface area contributed by atoms with E-state index in [1.807, 2.05) is 0 Å². The number of carbonyl (C=O) groups excluding carboxylic acids is 1. The predicted octanol–water partition coefficient (Wildman–Crippen LogP) is 5.55. The molecule has 0 aliphatic heterocycles. The number of urea groups is 1. The number of rotatable bonds is 4. The lowest BCUT2D eigenvalue weighted by molar-refractivity contribution is 0.262. The van der Waals surface area contributed by atoms with Crippen LogP contribution in [-0.2, 0) is 0 Å². The molecule has 0 saturated heterocycles. The van der Waals surface area contributed by atoms with Crippen molar-refractivity contribution in [1.29, 1.82) is 0 Å². The number of benzene rings is 2. The third-order valence-corrected chi connectivity index (χ3v) is 4.97. The van der Waals surface area contributed by atoms with Crippen molar-refractivity contribution in [3.63, 3.8) is 0 Å². The van der Waals surface area contributed by atoms with Gasteiger partial charge >= 0.3 is 6.03 Å². The first-order valence-electron chi connectivity index (χ1n) is 8.55. The molecule has 27 heavy (non-hydrogen) atoms. The van der Waals surface area contributed by atoms with Gasteiger partial charge in [0, 0.05) is 21.6 Å². The van der Waals surface area contributed by atoms with Crippen LogP contribution in [0.1, 0.15) is 31.1 Å². The Morgan fingerprint density at radius 1 is 1.15 bits per heavy atom. The average Bonchev–Trinajstić information content (AvgIpc) is 3.06. The molecule has 1 aliphatic carbocycles. The van der Waals surface area contributed by atoms with E-state index in [0.717, 1.165) is 18.4 Å². The van der Waals surface area contributed by atoms with E-state index >= 15 is 0 Å². The van der Waals surface area contributed by atoms with E-state index in [1.54, 1.807) is 30.3 Å². The van der Waals surface area contributed by atoms with Crippen LogP contribution in [0.5, 0.6) is 0 Å². The molecule has 1 aliphatic rings. The van der Waals surface area contributed by atoms with Gasteiger partial charge in [-0.2, -0.15) is 4.98 Å². The molecule has 138 valence electrons. The maximum atomic E-state index is 13.8. The van der Waals surface area contributed by atoms with Crippen LogP contribution in [0.3, 0.4) is 0 Å². The number of halogens is 2. The van der Waals surface area contributed by atoms with Crippen LogP contribution in [0.4, 0.5) is 20.6 Å². The number of hydrogen-bond donors (Lipinski definition) is 2. The minimum atomic E-state index is -0.532. The molecule has 0 bridgehead atoms. The minimum absolute atomic E-state index is 0.0997. The quantitative estimate of drug-likeness (QED) is 0.568. The van der Waals surface area contributed by atoms with Gasteiger partial charge in [-0.25, -0.2) is 9.18 Å². The number of aromatic nitrogens is 2. The van der Waals surface area contributed by atoms with E-state index in [4.69, 9.17) is 4.52 Å². The molecule has 0 radical (unpaired) electrons. The summed E-state index contributed by atoms with van der Waals surface area (Å²) >= 11 is 3.17. The Balaban J connectivity index is 1.39. The second kappa shape index (κ2) is 7.48. The Hall–Kier alpha value is -2.74. The van der Waals surface area contributed by atoms with E-state index in [2.05, 4.69) is 36.7 Å². The fourth-order valence-electron chi connectivity index (χ4n) is 2.75. The Morgan fingerprint density at radius 3 is 2.59 bits per heavy atom. The molecule has 0 unspecified atom stereocenters. The zero-order valence-electron chi connectivity index (χ0n) is 14.2. The molecule has 1 heterocycles. The average molecular weight is 431 g/mol. The minimum Gasteiger partial charge on any atom is -0.339 e. The highest BCUT2D eigenvalue weighted by Crippen LogP contribution is 2.36. The SMILES string of the molecule is O=C(Nc1ccc(-c2noc(C3CCC3)n2)cc1)Nc1ccc(Br)cc1F. The fraction of sp³-hybridized carbons (Fsp3) is 0.211. The smallest absolute Gasteiger partial charge is 0.323 e. The lowest BCUT2D eigenvalue weighted by Gasteiger charge is -2.20. The summed E-state index contributed by atoms with van der Waals surface area (Å²) < 4.78 is 19.7. The van der Waals surface area contributed by atoms with Gasteiger partial charge in [0.25, 0.3) is 0 Å². The highest BCUT2D eigenvalue weighted by Gasteiger charge is 2.25. The summed E-state index contributed by atoms with van der Waals surface area (Å²) in [6, 6.07) is 10.9. The van der Waals surface area contributed by atoms with Crippen molar-refractivity contribution in [3.8, 4) is 11.4 Å². The van der Waals surface area contributed by atoms with Gasteiger partial charge in [0.05, 0.1) is 5.69 Å². The number of hydrogen-bond acceptors (Lipinski definition) is 4. The number of nitrogens with zero attached hydrogens (tertiary/aromatic N) is 2. The van der Waals surface area contributed by atoms with E-state index in [1.165, 1.54) is 18.6 Å². The van der Waals surface area contributed by atoms with Gasteiger partial charge < -0.3 is 15.2 Å². The van der Waals surface area contributed by atoms with Crippen LogP contribution >= 0.6 is 15.9 Å². The molecule has 1 fully saturated rings. The van der Waals surface area contributed by atoms with Crippen molar-refractivity contribution < 1.29 is 13.7 Å². The summed E-state index contributed by atoms with van der Waals surface area (Å²) in [5.74, 6) is 1.09. The number of nitrogens with one attached hydrogen (secondary N) is 2. The Labute approximate surface area is 163 Å². The molecule has 6 nitrogen and oxygen atoms in total. The molecule has 8 heteroatoms. The first-order chi connectivity index (χ1) is 13.1. The maximum Gasteiger partial charge on any atom is 0.323 e. The van der Waals surface area contributed by atoms with Gasteiger partial charge in [-0.05, 0) is 55.3 Å². The maximum absolute atomic E-state index is 13.8. The van der Waals surface area contributed by atoms with E-state index in [9.17, 15) is 9.18 Å². The normalized spacial score (nSPS) is 13.9. The van der Waals surface area contributed by atoms with Gasteiger partial charge in [-0.1, -0.05) is 27.5 Å². The molecule has 2 aromatic carbocycles. The van der Waals surface area contributed by atoms with Gasteiger partial charge in [-0.15, -0.1) is 0 Å². The number of carbonyl (C=O) groups is 1. The zero-order valence-corrected chi connectivity index (χ0v) is 15.8. The molecular formula is C19H16BrFN4O2. The Morgan fingerprint density at radius 2 is 1.93 bits per heavy atom. The van der Waals surface area contributed by atoms with Gasteiger partial charge in [-0.3, -0.25) is 0 Å². The third kappa shape index (κ3) is 4.00. The largest absolute Gasteiger partial charge is 0.339 e. The molecule has 1 saturated carbocycles. The van der Waals surface area contributed by atoms with Crippen molar-refractivity contribution >= 4 is 33.3 Å². The highest BCUT2D eigenvalue weighted by atomic mass is 79.9. The molecular weight excluding hydrogens is 415 g/mol. The molecule has 4 rings (SSSR count). The predicted molar refractivity (Wildman–Crippen MR) is 103 cm³/mol. The van der Waals surface area contributed by atoms with Crippen molar-refractivity contribution in [2.75, 3.05) is 10.6 Å². The van der Waals surface area contributed by atoms with Gasteiger partial charge in [0.1, 0.15) is 5.82 Å². The van der Waals surface area contributed by atoms with Gasteiger partial charge in [0.15, 0.2) is 0 Å². The first-order valence-corrected chi connectivity index (χ1v) is 9.35. The molecule has 0 atom stereocenters. The molecule has 1 aromatic heterocycles. The van der Waals surface area contributed by atoms with Crippen molar-refractivity contribution in [2.24, 2.45) is 0 Å². The zero-order chi connectivity index (χ0) is 18.8. The van der Waals surface area contributed by atoms with Gasteiger partial charge in [0.2, 0.25) is 11.7 Å². The van der Waals surface area contributed by atoms with Crippen LogP contribution in [0.25, 0.3) is 11.4 Å². The van der Waals surface area contributed by atoms with Crippen molar-refractivity contribution in [2.45, 2.75) is 25.2 Å². The summed E-state index contributed by atoms with van der Waals surface area (Å²) in [7, 11) is 0. The molecule has 2 amide bonds. The molecule has 0 spiro atoms. The lowest BCUT2D eigenvalue weighted by atomic mass is 9.85. The van der Waals surface area contributed by atoms with Crippen LogP contribution in [0.2, 0.25) is 0 Å². The van der Waals surface area contributed by atoms with E-state index in [-0.39, 0.29) is 5.69 Å². The van der Waals surface area contributed by atoms with Crippen molar-refractivity contribution in [3.05, 3.63) is 58.6 Å².